The minimum Gasteiger partial charge on any atom is -0.483 e. The van der Waals surface area contributed by atoms with Crippen LogP contribution in [0.15, 0.2) is 36.4 Å². The molecule has 2 rings (SSSR count). The average molecular weight is 354 g/mol. The zero-order chi connectivity index (χ0) is 19.3. The molecule has 0 saturated carbocycles. The molecule has 5 heteroatoms. The number of benzene rings is 2. The monoisotopic (exact) mass is 354 g/mol. The second-order valence-electron chi connectivity index (χ2n) is 6.69. The van der Waals surface area contributed by atoms with Gasteiger partial charge in [-0.1, -0.05) is 32.0 Å². The van der Waals surface area contributed by atoms with Crippen LogP contribution in [0.4, 0.5) is 11.4 Å². The van der Waals surface area contributed by atoms with E-state index in [1.54, 1.807) is 18.2 Å². The summed E-state index contributed by atoms with van der Waals surface area (Å²) in [6.07, 6.45) is 0. The standard InChI is InChI=1S/C21H26N2O3/c1-13(2)17-10-9-14(3)11-20(17)26-12-21(25)23-19-8-6-7-18(15(19)4)22-16(5)24/h6-11,13H,12H2,1-5H3,(H,22,24)(H,23,25). The van der Waals surface area contributed by atoms with E-state index in [-0.39, 0.29) is 18.4 Å². The molecule has 2 amide bonds. The van der Waals surface area contributed by atoms with Gasteiger partial charge in [-0.25, -0.2) is 0 Å². The van der Waals surface area contributed by atoms with E-state index in [1.165, 1.54) is 6.92 Å². The van der Waals surface area contributed by atoms with Gasteiger partial charge in [-0.3, -0.25) is 9.59 Å². The maximum absolute atomic E-state index is 12.3. The summed E-state index contributed by atoms with van der Waals surface area (Å²) in [6, 6.07) is 11.4. The lowest BCUT2D eigenvalue weighted by atomic mass is 10.0. The van der Waals surface area contributed by atoms with Gasteiger partial charge in [0.25, 0.3) is 5.91 Å². The summed E-state index contributed by atoms with van der Waals surface area (Å²) in [6.45, 7) is 9.40. The molecule has 26 heavy (non-hydrogen) atoms. The van der Waals surface area contributed by atoms with Crippen LogP contribution in [0.3, 0.4) is 0 Å². The number of anilines is 2. The van der Waals surface area contributed by atoms with Crippen LogP contribution in [-0.4, -0.2) is 18.4 Å². The van der Waals surface area contributed by atoms with E-state index in [0.29, 0.717) is 17.3 Å². The number of hydrogen-bond donors (Lipinski definition) is 2. The van der Waals surface area contributed by atoms with Crippen LogP contribution >= 0.6 is 0 Å². The molecule has 5 nitrogen and oxygen atoms in total. The third-order valence-corrected chi connectivity index (χ3v) is 4.07. The fourth-order valence-electron chi connectivity index (χ4n) is 2.67. The lowest BCUT2D eigenvalue weighted by Gasteiger charge is -2.16. The molecule has 2 aromatic rings. The summed E-state index contributed by atoms with van der Waals surface area (Å²) in [4.78, 5) is 23.6. The van der Waals surface area contributed by atoms with Crippen molar-refractivity contribution in [3.63, 3.8) is 0 Å². The Bertz CT molecular complexity index is 813. The molecule has 0 radical (unpaired) electrons. The van der Waals surface area contributed by atoms with E-state index < -0.39 is 0 Å². The first-order valence-electron chi connectivity index (χ1n) is 8.68. The highest BCUT2D eigenvalue weighted by Gasteiger charge is 2.12. The molecular weight excluding hydrogens is 328 g/mol. The van der Waals surface area contributed by atoms with Crippen molar-refractivity contribution < 1.29 is 14.3 Å². The van der Waals surface area contributed by atoms with Gasteiger partial charge in [0.05, 0.1) is 0 Å². The number of carbonyl (C=O) groups excluding carboxylic acids is 2. The number of amides is 2. The molecule has 138 valence electrons. The van der Waals surface area contributed by atoms with Gasteiger partial charge in [0.2, 0.25) is 5.91 Å². The van der Waals surface area contributed by atoms with Crippen molar-refractivity contribution in [1.82, 2.24) is 0 Å². The van der Waals surface area contributed by atoms with Crippen LogP contribution in [0, 0.1) is 13.8 Å². The summed E-state index contributed by atoms with van der Waals surface area (Å²) < 4.78 is 5.77. The highest BCUT2D eigenvalue weighted by atomic mass is 16.5. The van der Waals surface area contributed by atoms with E-state index in [9.17, 15) is 9.59 Å². The molecule has 0 bridgehead atoms. The third-order valence-electron chi connectivity index (χ3n) is 4.07. The Morgan fingerprint density at radius 3 is 2.31 bits per heavy atom. The van der Waals surface area contributed by atoms with Crippen LogP contribution in [0.5, 0.6) is 5.75 Å². The average Bonchev–Trinajstić information content (AvgIpc) is 2.56. The van der Waals surface area contributed by atoms with Gasteiger partial charge in [0.15, 0.2) is 6.61 Å². The van der Waals surface area contributed by atoms with Crippen molar-refractivity contribution in [3.8, 4) is 5.75 Å². The first-order chi connectivity index (χ1) is 12.3. The normalized spacial score (nSPS) is 10.5. The summed E-state index contributed by atoms with van der Waals surface area (Å²) in [5.74, 6) is 0.647. The summed E-state index contributed by atoms with van der Waals surface area (Å²) in [5, 5.41) is 5.59. The molecule has 0 atom stereocenters. The molecule has 0 aliphatic rings. The van der Waals surface area contributed by atoms with E-state index in [0.717, 1.165) is 22.4 Å². The Balaban J connectivity index is 2.06. The van der Waals surface area contributed by atoms with Gasteiger partial charge < -0.3 is 15.4 Å². The van der Waals surface area contributed by atoms with Gasteiger partial charge >= 0.3 is 0 Å². The molecule has 2 N–H and O–H groups in total. The van der Waals surface area contributed by atoms with Crippen LogP contribution in [0.1, 0.15) is 43.4 Å². The molecule has 0 fully saturated rings. The fourth-order valence-corrected chi connectivity index (χ4v) is 2.67. The third kappa shape index (κ3) is 5.09. The van der Waals surface area contributed by atoms with Gasteiger partial charge in [0.1, 0.15) is 5.75 Å². The minimum absolute atomic E-state index is 0.0764. The van der Waals surface area contributed by atoms with E-state index >= 15 is 0 Å². The molecule has 0 aliphatic carbocycles. The van der Waals surface area contributed by atoms with Crippen LogP contribution < -0.4 is 15.4 Å². The predicted octanol–water partition coefficient (Wildman–Crippen LogP) is 4.40. The molecule has 0 aliphatic heterocycles. The molecule has 0 aromatic heterocycles. The molecule has 0 saturated heterocycles. The van der Waals surface area contributed by atoms with Gasteiger partial charge in [-0.2, -0.15) is 0 Å². The smallest absolute Gasteiger partial charge is 0.262 e. The Kier molecular flexibility index (Phi) is 6.39. The van der Waals surface area contributed by atoms with Crippen LogP contribution in [-0.2, 0) is 9.59 Å². The zero-order valence-electron chi connectivity index (χ0n) is 16.0. The number of nitrogens with one attached hydrogen (secondary N) is 2. The second kappa shape index (κ2) is 8.52. The van der Waals surface area contributed by atoms with E-state index in [2.05, 4.69) is 24.5 Å². The fraction of sp³-hybridized carbons (Fsp3) is 0.333. The molecule has 0 unspecified atom stereocenters. The van der Waals surface area contributed by atoms with E-state index in [1.807, 2.05) is 32.0 Å². The van der Waals surface area contributed by atoms with Crippen molar-refractivity contribution >= 4 is 23.2 Å². The van der Waals surface area contributed by atoms with Crippen molar-refractivity contribution in [3.05, 3.63) is 53.1 Å². The summed E-state index contributed by atoms with van der Waals surface area (Å²) >= 11 is 0. The Morgan fingerprint density at radius 1 is 1.04 bits per heavy atom. The van der Waals surface area contributed by atoms with Crippen molar-refractivity contribution in [2.75, 3.05) is 17.2 Å². The van der Waals surface area contributed by atoms with Gasteiger partial charge in [-0.05, 0) is 54.7 Å². The van der Waals surface area contributed by atoms with Crippen LogP contribution in [0.25, 0.3) is 0 Å². The SMILES string of the molecule is CC(=O)Nc1cccc(NC(=O)COc2cc(C)ccc2C(C)C)c1C. The Labute approximate surface area is 154 Å². The molecule has 0 heterocycles. The number of ether oxygens (including phenoxy) is 1. The van der Waals surface area contributed by atoms with Crippen molar-refractivity contribution in [2.24, 2.45) is 0 Å². The van der Waals surface area contributed by atoms with E-state index in [4.69, 9.17) is 4.74 Å². The quantitative estimate of drug-likeness (QED) is 0.808. The van der Waals surface area contributed by atoms with Crippen molar-refractivity contribution in [1.29, 1.82) is 0 Å². The second-order valence-corrected chi connectivity index (χ2v) is 6.69. The van der Waals surface area contributed by atoms with Crippen LogP contribution in [0.2, 0.25) is 0 Å². The number of aryl methyl sites for hydroxylation is 1. The predicted molar refractivity (Wildman–Crippen MR) is 105 cm³/mol. The molecular formula is C21H26N2O3. The molecule has 0 spiro atoms. The van der Waals surface area contributed by atoms with Gasteiger partial charge in [0, 0.05) is 18.3 Å². The minimum atomic E-state index is -0.246. The highest BCUT2D eigenvalue weighted by Crippen LogP contribution is 2.28. The number of carbonyl (C=O) groups is 2. The zero-order valence-corrected chi connectivity index (χ0v) is 16.0. The first-order valence-corrected chi connectivity index (χ1v) is 8.68. The molecule has 2 aromatic carbocycles. The first kappa shape index (κ1) is 19.5. The maximum Gasteiger partial charge on any atom is 0.262 e. The largest absolute Gasteiger partial charge is 0.483 e. The lowest BCUT2D eigenvalue weighted by Crippen LogP contribution is -2.21. The lowest BCUT2D eigenvalue weighted by molar-refractivity contribution is -0.118. The number of hydrogen-bond acceptors (Lipinski definition) is 3. The Morgan fingerprint density at radius 2 is 1.69 bits per heavy atom. The van der Waals surface area contributed by atoms with Gasteiger partial charge in [-0.15, -0.1) is 0 Å². The Hall–Kier alpha value is -2.82. The number of rotatable bonds is 6. The highest BCUT2D eigenvalue weighted by molar-refractivity contribution is 5.95. The summed E-state index contributed by atoms with van der Waals surface area (Å²) in [7, 11) is 0. The summed E-state index contributed by atoms with van der Waals surface area (Å²) in [5.41, 5.74) is 4.29. The topological polar surface area (TPSA) is 67.4 Å². The van der Waals surface area contributed by atoms with Crippen molar-refractivity contribution in [2.45, 2.75) is 40.5 Å². The maximum atomic E-state index is 12.3.